The van der Waals surface area contributed by atoms with Crippen molar-refractivity contribution >= 4 is 10.0 Å². The van der Waals surface area contributed by atoms with Gasteiger partial charge in [0.15, 0.2) is 5.03 Å². The number of nitrogens with two attached hydrogens (primary N) is 1. The molecule has 1 aromatic heterocycles. The van der Waals surface area contributed by atoms with Gasteiger partial charge >= 0.3 is 0 Å². The van der Waals surface area contributed by atoms with E-state index >= 15 is 0 Å². The Morgan fingerprint density at radius 1 is 1.57 bits per heavy atom. The van der Waals surface area contributed by atoms with Crippen LogP contribution in [0, 0.1) is 0 Å². The molecular formula is C7H12N4O2S. The van der Waals surface area contributed by atoms with Crippen molar-refractivity contribution in [1.82, 2.24) is 13.9 Å². The van der Waals surface area contributed by atoms with Crippen LogP contribution >= 0.6 is 0 Å². The molecule has 2 heterocycles. The highest BCUT2D eigenvalue weighted by molar-refractivity contribution is 7.89. The van der Waals surface area contributed by atoms with Gasteiger partial charge in [0.2, 0.25) is 0 Å². The summed E-state index contributed by atoms with van der Waals surface area (Å²) < 4.78 is 26.5. The normalized spacial score (nSPS) is 19.6. The van der Waals surface area contributed by atoms with E-state index in [2.05, 4.69) is 4.98 Å². The van der Waals surface area contributed by atoms with Crippen molar-refractivity contribution in [3.63, 3.8) is 0 Å². The lowest BCUT2D eigenvalue weighted by atomic mass is 10.2. The number of sulfonamides is 1. The summed E-state index contributed by atoms with van der Waals surface area (Å²) in [6.07, 6.45) is 2.95. The zero-order chi connectivity index (χ0) is 10.3. The summed E-state index contributed by atoms with van der Waals surface area (Å²) in [5, 5.41) is 0.0897. The van der Waals surface area contributed by atoms with Crippen LogP contribution in [0.5, 0.6) is 0 Å². The van der Waals surface area contributed by atoms with Crippen LogP contribution in [-0.4, -0.2) is 41.4 Å². The van der Waals surface area contributed by atoms with Gasteiger partial charge in [-0.15, -0.1) is 0 Å². The molecule has 14 heavy (non-hydrogen) atoms. The van der Waals surface area contributed by atoms with E-state index in [-0.39, 0.29) is 11.1 Å². The Bertz CT molecular complexity index is 432. The molecule has 0 spiro atoms. The summed E-state index contributed by atoms with van der Waals surface area (Å²) >= 11 is 0. The summed E-state index contributed by atoms with van der Waals surface area (Å²) in [5.74, 6) is 0. The molecule has 1 aliphatic heterocycles. The van der Waals surface area contributed by atoms with Crippen LogP contribution in [0.15, 0.2) is 17.6 Å². The van der Waals surface area contributed by atoms with Crippen LogP contribution in [0.1, 0.15) is 0 Å². The van der Waals surface area contributed by atoms with Crippen molar-refractivity contribution < 1.29 is 8.42 Å². The summed E-state index contributed by atoms with van der Waals surface area (Å²) in [7, 11) is -1.66. The first-order valence-electron chi connectivity index (χ1n) is 4.24. The molecule has 1 saturated heterocycles. The molecule has 0 aromatic carbocycles. The molecule has 2 rings (SSSR count). The molecule has 2 N–H and O–H groups in total. The van der Waals surface area contributed by atoms with Gasteiger partial charge in [-0.05, 0) is 0 Å². The number of rotatable bonds is 2. The Balaban J connectivity index is 2.25. The fraction of sp³-hybridized carbons (Fsp3) is 0.571. The van der Waals surface area contributed by atoms with Crippen molar-refractivity contribution in [3.05, 3.63) is 12.5 Å². The predicted molar refractivity (Wildman–Crippen MR) is 49.9 cm³/mol. The van der Waals surface area contributed by atoms with E-state index in [4.69, 9.17) is 5.73 Å². The molecule has 1 fully saturated rings. The first-order valence-corrected chi connectivity index (χ1v) is 5.68. The number of hydrogen-bond acceptors (Lipinski definition) is 4. The van der Waals surface area contributed by atoms with Crippen LogP contribution in [0.3, 0.4) is 0 Å². The highest BCUT2D eigenvalue weighted by Crippen LogP contribution is 2.18. The number of nitrogens with zero attached hydrogens (tertiary/aromatic N) is 3. The van der Waals surface area contributed by atoms with Gasteiger partial charge in [-0.1, -0.05) is 0 Å². The predicted octanol–water partition coefficient (Wildman–Crippen LogP) is -1.25. The van der Waals surface area contributed by atoms with Gasteiger partial charge in [0, 0.05) is 32.4 Å². The van der Waals surface area contributed by atoms with Crippen LogP contribution in [-0.2, 0) is 17.1 Å². The van der Waals surface area contributed by atoms with Gasteiger partial charge in [0.25, 0.3) is 10.0 Å². The summed E-state index contributed by atoms with van der Waals surface area (Å²) in [6.45, 7) is 0.776. The zero-order valence-electron chi connectivity index (χ0n) is 7.79. The minimum atomic E-state index is -3.39. The molecule has 0 bridgehead atoms. The Morgan fingerprint density at radius 3 is 2.64 bits per heavy atom. The lowest BCUT2D eigenvalue weighted by Crippen LogP contribution is -2.57. The van der Waals surface area contributed by atoms with Crippen molar-refractivity contribution in [2.45, 2.75) is 11.1 Å². The lowest BCUT2D eigenvalue weighted by Gasteiger charge is -2.34. The second-order valence-corrected chi connectivity index (χ2v) is 5.34. The molecule has 0 aliphatic carbocycles. The van der Waals surface area contributed by atoms with Gasteiger partial charge < -0.3 is 10.3 Å². The monoisotopic (exact) mass is 216 g/mol. The topological polar surface area (TPSA) is 81.2 Å². The smallest absolute Gasteiger partial charge is 0.262 e. The van der Waals surface area contributed by atoms with Gasteiger partial charge in [-0.2, -0.15) is 4.31 Å². The van der Waals surface area contributed by atoms with E-state index in [1.807, 2.05) is 0 Å². The van der Waals surface area contributed by atoms with Crippen LogP contribution in [0.25, 0.3) is 0 Å². The molecule has 0 atom stereocenters. The second kappa shape index (κ2) is 3.04. The average molecular weight is 216 g/mol. The molecule has 7 heteroatoms. The Hall–Kier alpha value is -0.920. The Kier molecular flexibility index (Phi) is 2.09. The molecule has 1 aliphatic rings. The van der Waals surface area contributed by atoms with Crippen LogP contribution in [0.2, 0.25) is 0 Å². The van der Waals surface area contributed by atoms with E-state index in [1.54, 1.807) is 11.6 Å². The van der Waals surface area contributed by atoms with E-state index in [0.29, 0.717) is 13.1 Å². The number of aryl methyl sites for hydroxylation is 1. The van der Waals surface area contributed by atoms with Gasteiger partial charge in [0.1, 0.15) is 0 Å². The number of aromatic nitrogens is 2. The highest BCUT2D eigenvalue weighted by Gasteiger charge is 2.35. The Morgan fingerprint density at radius 2 is 2.21 bits per heavy atom. The molecule has 1 aromatic rings. The average Bonchev–Trinajstić information content (AvgIpc) is 2.46. The first-order chi connectivity index (χ1) is 6.50. The Labute approximate surface area is 82.4 Å². The number of hydrogen-bond donors (Lipinski definition) is 1. The van der Waals surface area contributed by atoms with Crippen LogP contribution < -0.4 is 5.73 Å². The highest BCUT2D eigenvalue weighted by atomic mass is 32.2. The van der Waals surface area contributed by atoms with E-state index in [1.165, 1.54) is 16.8 Å². The molecule has 0 saturated carbocycles. The maximum atomic E-state index is 11.8. The third-order valence-corrected chi connectivity index (χ3v) is 3.88. The first kappa shape index (κ1) is 9.63. The molecule has 0 unspecified atom stereocenters. The van der Waals surface area contributed by atoms with Crippen molar-refractivity contribution in [2.24, 2.45) is 12.8 Å². The maximum Gasteiger partial charge on any atom is 0.262 e. The quantitative estimate of drug-likeness (QED) is 0.670. The molecule has 6 nitrogen and oxygen atoms in total. The SMILES string of the molecule is Cn1cnc(S(=O)(=O)N2CC(N)C2)c1. The zero-order valence-corrected chi connectivity index (χ0v) is 8.61. The van der Waals surface area contributed by atoms with Crippen molar-refractivity contribution in [3.8, 4) is 0 Å². The van der Waals surface area contributed by atoms with Gasteiger partial charge in [0.05, 0.1) is 6.33 Å². The third-order valence-electron chi connectivity index (χ3n) is 2.16. The van der Waals surface area contributed by atoms with E-state index < -0.39 is 10.0 Å². The van der Waals surface area contributed by atoms with Gasteiger partial charge in [-0.25, -0.2) is 13.4 Å². The van der Waals surface area contributed by atoms with Crippen molar-refractivity contribution in [2.75, 3.05) is 13.1 Å². The summed E-state index contributed by atoms with van der Waals surface area (Å²) in [4.78, 5) is 3.81. The fourth-order valence-corrected chi connectivity index (χ4v) is 2.84. The minimum absolute atomic E-state index is 0.0338. The summed E-state index contributed by atoms with van der Waals surface area (Å²) in [5.41, 5.74) is 5.52. The fourth-order valence-electron chi connectivity index (χ4n) is 1.32. The summed E-state index contributed by atoms with van der Waals surface area (Å²) in [6, 6.07) is -0.0338. The molecule has 78 valence electrons. The van der Waals surface area contributed by atoms with Crippen molar-refractivity contribution in [1.29, 1.82) is 0 Å². The lowest BCUT2D eigenvalue weighted by molar-refractivity contribution is 0.265. The maximum absolute atomic E-state index is 11.8. The largest absolute Gasteiger partial charge is 0.339 e. The van der Waals surface area contributed by atoms with E-state index in [0.717, 1.165) is 0 Å². The van der Waals surface area contributed by atoms with E-state index in [9.17, 15) is 8.42 Å². The van der Waals surface area contributed by atoms with Gasteiger partial charge in [-0.3, -0.25) is 0 Å². The second-order valence-electron chi connectivity index (χ2n) is 3.46. The standard InChI is InChI=1S/C7H12N4O2S/c1-10-4-7(9-5-10)14(12,13)11-2-6(8)3-11/h4-6H,2-3,8H2,1H3. The molecule has 0 amide bonds. The third kappa shape index (κ3) is 1.43. The number of imidazole rings is 1. The minimum Gasteiger partial charge on any atom is -0.339 e. The molecular weight excluding hydrogens is 204 g/mol. The van der Waals surface area contributed by atoms with Crippen LogP contribution in [0.4, 0.5) is 0 Å². The molecule has 0 radical (unpaired) electrons.